The predicted molar refractivity (Wildman–Crippen MR) is 115 cm³/mol. The van der Waals surface area contributed by atoms with Gasteiger partial charge in [-0.25, -0.2) is 0 Å². The summed E-state index contributed by atoms with van der Waals surface area (Å²) in [7, 11) is 0. The van der Waals surface area contributed by atoms with Gasteiger partial charge in [-0.05, 0) is 62.2 Å². The van der Waals surface area contributed by atoms with E-state index in [-0.39, 0.29) is 24.5 Å². The van der Waals surface area contributed by atoms with Crippen LogP contribution in [0.2, 0.25) is 5.02 Å². The van der Waals surface area contributed by atoms with Gasteiger partial charge in [-0.1, -0.05) is 17.7 Å². The average Bonchev–Trinajstić information content (AvgIpc) is 2.69. The van der Waals surface area contributed by atoms with Crippen molar-refractivity contribution in [2.24, 2.45) is 0 Å². The Hall–Kier alpha value is -3.19. The molecule has 0 aromatic heterocycles. The maximum atomic E-state index is 11.9. The molecule has 0 heterocycles. The van der Waals surface area contributed by atoms with Gasteiger partial charge in [0.15, 0.2) is 12.4 Å². The molecule has 2 aromatic rings. The zero-order valence-corrected chi connectivity index (χ0v) is 17.5. The van der Waals surface area contributed by atoms with Gasteiger partial charge in [-0.15, -0.1) is 0 Å². The van der Waals surface area contributed by atoms with Crippen LogP contribution in [0.25, 0.3) is 0 Å². The number of aryl methyl sites for hydroxylation is 1. The van der Waals surface area contributed by atoms with Gasteiger partial charge in [0.25, 0.3) is 5.91 Å². The SMILES string of the molecule is CC(=O)c1ccc(NC(=O)COC(=O)CCCC(=O)Nc2ccc(C)c(Cl)c2)cc1. The Morgan fingerprint density at radius 2 is 1.53 bits per heavy atom. The van der Waals surface area contributed by atoms with Crippen molar-refractivity contribution < 1.29 is 23.9 Å². The number of ether oxygens (including phenoxy) is 1. The number of hydrogen-bond acceptors (Lipinski definition) is 5. The van der Waals surface area contributed by atoms with Gasteiger partial charge in [0.1, 0.15) is 0 Å². The zero-order valence-electron chi connectivity index (χ0n) is 16.8. The Kier molecular flexibility index (Phi) is 8.55. The van der Waals surface area contributed by atoms with E-state index in [2.05, 4.69) is 10.6 Å². The minimum atomic E-state index is -0.566. The number of amides is 2. The first-order valence-corrected chi connectivity index (χ1v) is 9.75. The molecule has 0 aliphatic carbocycles. The van der Waals surface area contributed by atoms with E-state index in [0.717, 1.165) is 5.56 Å². The van der Waals surface area contributed by atoms with E-state index in [4.69, 9.17) is 16.3 Å². The first kappa shape index (κ1) is 23.1. The van der Waals surface area contributed by atoms with E-state index < -0.39 is 18.5 Å². The molecule has 0 aliphatic heterocycles. The molecule has 0 unspecified atom stereocenters. The number of nitrogens with one attached hydrogen (secondary N) is 2. The summed E-state index contributed by atoms with van der Waals surface area (Å²) < 4.78 is 4.91. The van der Waals surface area contributed by atoms with Crippen molar-refractivity contribution >= 4 is 46.5 Å². The Morgan fingerprint density at radius 3 is 2.17 bits per heavy atom. The Bertz CT molecular complexity index is 941. The second kappa shape index (κ2) is 11.1. The van der Waals surface area contributed by atoms with Crippen LogP contribution in [0.15, 0.2) is 42.5 Å². The quantitative estimate of drug-likeness (QED) is 0.459. The molecular weight excluding hydrogens is 408 g/mol. The smallest absolute Gasteiger partial charge is 0.306 e. The molecule has 2 N–H and O–H groups in total. The van der Waals surface area contributed by atoms with E-state index in [9.17, 15) is 19.2 Å². The predicted octanol–water partition coefficient (Wildman–Crippen LogP) is 4.14. The number of carbonyl (C=O) groups excluding carboxylic acids is 4. The molecule has 7 nitrogen and oxygen atoms in total. The molecule has 0 radical (unpaired) electrons. The van der Waals surface area contributed by atoms with Crippen LogP contribution in [0.4, 0.5) is 11.4 Å². The topological polar surface area (TPSA) is 102 Å². The molecule has 0 spiro atoms. The summed E-state index contributed by atoms with van der Waals surface area (Å²) in [4.78, 5) is 46.8. The highest BCUT2D eigenvalue weighted by Crippen LogP contribution is 2.20. The molecule has 0 bridgehead atoms. The van der Waals surface area contributed by atoms with E-state index in [1.165, 1.54) is 6.92 Å². The van der Waals surface area contributed by atoms with Gasteiger partial charge < -0.3 is 15.4 Å². The van der Waals surface area contributed by atoms with Crippen LogP contribution in [0.3, 0.4) is 0 Å². The number of halogens is 1. The van der Waals surface area contributed by atoms with Gasteiger partial charge in [0, 0.05) is 34.8 Å². The first-order chi connectivity index (χ1) is 14.2. The molecule has 158 valence electrons. The highest BCUT2D eigenvalue weighted by atomic mass is 35.5. The average molecular weight is 431 g/mol. The molecule has 30 heavy (non-hydrogen) atoms. The molecule has 0 saturated heterocycles. The summed E-state index contributed by atoms with van der Waals surface area (Å²) in [6.45, 7) is 2.89. The van der Waals surface area contributed by atoms with Crippen molar-refractivity contribution in [2.75, 3.05) is 17.2 Å². The van der Waals surface area contributed by atoms with Crippen LogP contribution in [0.1, 0.15) is 42.1 Å². The normalized spacial score (nSPS) is 10.2. The number of rotatable bonds is 9. The van der Waals surface area contributed by atoms with Crippen LogP contribution >= 0.6 is 11.6 Å². The molecule has 0 saturated carbocycles. The monoisotopic (exact) mass is 430 g/mol. The zero-order chi connectivity index (χ0) is 22.1. The lowest BCUT2D eigenvalue weighted by Gasteiger charge is -2.08. The molecule has 2 rings (SSSR count). The molecule has 2 amide bonds. The number of carbonyl (C=O) groups is 4. The lowest BCUT2D eigenvalue weighted by molar-refractivity contribution is -0.147. The summed E-state index contributed by atoms with van der Waals surface area (Å²) >= 11 is 6.02. The van der Waals surface area contributed by atoms with Crippen LogP contribution in [0.5, 0.6) is 0 Å². The maximum absolute atomic E-state index is 11.9. The number of Topliss-reactive ketones (excluding diaryl/α,β-unsaturated/α-hetero) is 1. The summed E-state index contributed by atoms with van der Waals surface area (Å²) in [6, 6.07) is 11.6. The third-order valence-corrected chi connectivity index (χ3v) is 4.59. The highest BCUT2D eigenvalue weighted by molar-refractivity contribution is 6.31. The van der Waals surface area contributed by atoms with Gasteiger partial charge in [0.05, 0.1) is 0 Å². The summed E-state index contributed by atoms with van der Waals surface area (Å²) in [6.07, 6.45) is 0.441. The second-order valence-corrected chi connectivity index (χ2v) is 7.12. The van der Waals surface area contributed by atoms with Gasteiger partial charge in [-0.3, -0.25) is 19.2 Å². The van der Waals surface area contributed by atoms with Gasteiger partial charge in [-0.2, -0.15) is 0 Å². The van der Waals surface area contributed by atoms with Crippen molar-refractivity contribution in [1.82, 2.24) is 0 Å². The van der Waals surface area contributed by atoms with Crippen molar-refractivity contribution in [3.05, 3.63) is 58.6 Å². The molecule has 0 aliphatic rings. The lowest BCUT2D eigenvalue weighted by Crippen LogP contribution is -2.21. The summed E-state index contributed by atoms with van der Waals surface area (Å²) in [5.74, 6) is -1.37. The van der Waals surface area contributed by atoms with E-state index in [1.54, 1.807) is 42.5 Å². The molecule has 0 fully saturated rings. The van der Waals surface area contributed by atoms with E-state index >= 15 is 0 Å². The second-order valence-electron chi connectivity index (χ2n) is 6.71. The summed E-state index contributed by atoms with van der Waals surface area (Å²) in [5, 5.41) is 5.84. The Labute approximate surface area is 179 Å². The lowest BCUT2D eigenvalue weighted by atomic mass is 10.1. The van der Waals surface area contributed by atoms with E-state index in [0.29, 0.717) is 28.4 Å². The minimum Gasteiger partial charge on any atom is -0.456 e. The number of ketones is 1. The number of esters is 1. The number of hydrogen-bond donors (Lipinski definition) is 2. The summed E-state index contributed by atoms with van der Waals surface area (Å²) in [5.41, 5.74) is 2.53. The van der Waals surface area contributed by atoms with Crippen molar-refractivity contribution in [3.63, 3.8) is 0 Å². The number of anilines is 2. The fraction of sp³-hybridized carbons (Fsp3) is 0.273. The van der Waals surface area contributed by atoms with E-state index in [1.807, 2.05) is 6.92 Å². The van der Waals surface area contributed by atoms with Crippen LogP contribution in [-0.2, 0) is 19.1 Å². The van der Waals surface area contributed by atoms with Crippen LogP contribution < -0.4 is 10.6 Å². The fourth-order valence-electron chi connectivity index (χ4n) is 2.49. The molecule has 0 atom stereocenters. The highest BCUT2D eigenvalue weighted by Gasteiger charge is 2.10. The van der Waals surface area contributed by atoms with Crippen molar-refractivity contribution in [2.45, 2.75) is 33.1 Å². The number of benzene rings is 2. The molecule has 8 heteroatoms. The Morgan fingerprint density at radius 1 is 0.900 bits per heavy atom. The van der Waals surface area contributed by atoms with Crippen molar-refractivity contribution in [1.29, 1.82) is 0 Å². The minimum absolute atomic E-state index is 0.0165. The van der Waals surface area contributed by atoms with Crippen LogP contribution in [0, 0.1) is 6.92 Å². The maximum Gasteiger partial charge on any atom is 0.306 e. The van der Waals surface area contributed by atoms with Gasteiger partial charge >= 0.3 is 5.97 Å². The van der Waals surface area contributed by atoms with Crippen molar-refractivity contribution in [3.8, 4) is 0 Å². The fourth-order valence-corrected chi connectivity index (χ4v) is 2.67. The molecule has 2 aromatic carbocycles. The third-order valence-electron chi connectivity index (χ3n) is 4.18. The largest absolute Gasteiger partial charge is 0.456 e. The third kappa shape index (κ3) is 7.67. The first-order valence-electron chi connectivity index (χ1n) is 9.37. The van der Waals surface area contributed by atoms with Gasteiger partial charge in [0.2, 0.25) is 5.91 Å². The Balaban J connectivity index is 1.65. The molecular formula is C22H23ClN2O5. The van der Waals surface area contributed by atoms with Crippen LogP contribution in [-0.4, -0.2) is 30.2 Å². The standard InChI is InChI=1S/C22H23ClN2O5/c1-14-6-9-18(12-19(14)23)25-20(27)4-3-5-22(29)30-13-21(28)24-17-10-7-16(8-11-17)15(2)26/h6-12H,3-5,13H2,1-2H3,(H,24,28)(H,25,27).